The third-order valence-corrected chi connectivity index (χ3v) is 15.4. The van der Waals surface area contributed by atoms with Crippen molar-refractivity contribution in [1.82, 2.24) is 38.6 Å². The molecule has 2 aliphatic rings. The molecule has 0 N–H and O–H groups in total. The SMILES string of the molecule is c1ccc(-n2c3ccccc3c3ccc(B4c5ccccc5-c5cc6c7cc8c(cc7n(-c7ncncn7)c6cc54)B(c4ccc5c6ccccc6n(-c6ccccn6)c5c4)c4ccccc4-8)cc32)nc1. The fourth-order valence-corrected chi connectivity index (χ4v) is 12.5. The Labute approximate surface area is 407 Å². The lowest BCUT2D eigenvalue weighted by Gasteiger charge is -2.14. The maximum atomic E-state index is 4.85. The first-order valence-electron chi connectivity index (χ1n) is 24.1. The van der Waals surface area contributed by atoms with E-state index in [0.29, 0.717) is 5.95 Å². The first kappa shape index (κ1) is 38.6. The van der Waals surface area contributed by atoms with Gasteiger partial charge < -0.3 is 0 Å². The summed E-state index contributed by atoms with van der Waals surface area (Å²) in [5, 5.41) is 7.14. The molecule has 10 heteroatoms. The van der Waals surface area contributed by atoms with Crippen LogP contribution in [0.2, 0.25) is 0 Å². The third-order valence-electron chi connectivity index (χ3n) is 15.4. The molecule has 8 aromatic carbocycles. The molecule has 71 heavy (non-hydrogen) atoms. The Kier molecular flexibility index (Phi) is 7.91. The van der Waals surface area contributed by atoms with Crippen LogP contribution in [0.25, 0.3) is 105 Å². The van der Waals surface area contributed by atoms with Crippen molar-refractivity contribution < 1.29 is 0 Å². The van der Waals surface area contributed by atoms with Crippen LogP contribution in [0.5, 0.6) is 0 Å². The molecule has 0 spiro atoms. The highest BCUT2D eigenvalue weighted by atomic mass is 15.2. The number of fused-ring (bicyclic) bond motifs is 15. The highest BCUT2D eigenvalue weighted by Crippen LogP contribution is 2.39. The van der Waals surface area contributed by atoms with E-state index in [-0.39, 0.29) is 13.4 Å². The quantitative estimate of drug-likeness (QED) is 0.161. The Morgan fingerprint density at radius 2 is 0.732 bits per heavy atom. The van der Waals surface area contributed by atoms with E-state index in [0.717, 1.165) is 55.5 Å². The Balaban J connectivity index is 0.935. The van der Waals surface area contributed by atoms with Crippen LogP contribution in [0.3, 0.4) is 0 Å². The van der Waals surface area contributed by atoms with Gasteiger partial charge in [-0.3, -0.25) is 13.7 Å². The monoisotopic (exact) mass is 902 g/mol. The number of rotatable bonds is 5. The molecular weight excluding hydrogens is 866 g/mol. The second-order valence-corrected chi connectivity index (χ2v) is 18.9. The minimum absolute atomic E-state index is 0.0205. The zero-order valence-corrected chi connectivity index (χ0v) is 38.0. The van der Waals surface area contributed by atoms with Gasteiger partial charge in [-0.25, -0.2) is 24.9 Å². The summed E-state index contributed by atoms with van der Waals surface area (Å²) < 4.78 is 6.87. The van der Waals surface area contributed by atoms with E-state index in [4.69, 9.17) is 19.9 Å². The van der Waals surface area contributed by atoms with Gasteiger partial charge in [-0.15, -0.1) is 0 Å². The third kappa shape index (κ3) is 5.38. The Bertz CT molecular complexity index is 4270. The van der Waals surface area contributed by atoms with Crippen LogP contribution >= 0.6 is 0 Å². The molecule has 0 aliphatic carbocycles. The molecule has 0 atom stereocenters. The maximum absolute atomic E-state index is 4.85. The van der Waals surface area contributed by atoms with Crippen molar-refractivity contribution >= 4 is 112 Å². The lowest BCUT2D eigenvalue weighted by atomic mass is 9.39. The molecule has 14 aromatic rings. The number of pyridine rings is 2. The standard InChI is InChI=1S/C61H36B2N8/c1-5-17-49-39(13-1)45-31-47-48-32-46-40-14-2-6-18-50(40)63(38-24-26-44-42-16-4-8-20-54(42)70(56(44)30-38)60-22-10-12-28-66-60)52(46)34-58(48)71(61-67-35-64-36-68-61)57(47)33-51(45)62(49)37-23-25-43-41-15-3-7-19-53(41)69(55(43)29-37)59-21-9-11-27-65-59/h1-36H. The van der Waals surface area contributed by atoms with E-state index < -0.39 is 0 Å². The average Bonchev–Trinajstić information content (AvgIpc) is 4.21. The summed E-state index contributed by atoms with van der Waals surface area (Å²) in [5.41, 5.74) is 19.2. The van der Waals surface area contributed by atoms with E-state index >= 15 is 0 Å². The highest BCUT2D eigenvalue weighted by molar-refractivity contribution is 7.00. The molecule has 0 bridgehead atoms. The van der Waals surface area contributed by atoms with Crippen LogP contribution in [0, 0.1) is 0 Å². The van der Waals surface area contributed by atoms with E-state index in [1.165, 1.54) is 76.6 Å². The summed E-state index contributed by atoms with van der Waals surface area (Å²) in [7, 11) is 0. The molecule has 0 unspecified atom stereocenters. The molecular formula is C61H36B2N8. The fourth-order valence-electron chi connectivity index (χ4n) is 12.5. The van der Waals surface area contributed by atoms with Gasteiger partial charge in [-0.1, -0.05) is 154 Å². The van der Waals surface area contributed by atoms with Gasteiger partial charge in [0, 0.05) is 44.7 Å². The number of hydrogen-bond donors (Lipinski definition) is 0. The first-order chi connectivity index (χ1) is 35.2. The van der Waals surface area contributed by atoms with E-state index in [1.807, 2.05) is 24.5 Å². The first-order valence-corrected chi connectivity index (χ1v) is 24.1. The fraction of sp³-hybridized carbons (Fsp3) is 0. The number of hydrogen-bond acceptors (Lipinski definition) is 5. The van der Waals surface area contributed by atoms with Crippen LogP contribution in [0.1, 0.15) is 0 Å². The van der Waals surface area contributed by atoms with Gasteiger partial charge in [0.15, 0.2) is 0 Å². The van der Waals surface area contributed by atoms with Crippen molar-refractivity contribution in [2.75, 3.05) is 0 Å². The second kappa shape index (κ2) is 14.6. The number of aromatic nitrogens is 8. The van der Waals surface area contributed by atoms with Crippen molar-refractivity contribution in [3.8, 4) is 39.8 Å². The van der Waals surface area contributed by atoms with Crippen molar-refractivity contribution in [2.45, 2.75) is 0 Å². The summed E-state index contributed by atoms with van der Waals surface area (Å²) in [6.07, 6.45) is 6.95. The molecule has 6 aromatic heterocycles. The summed E-state index contributed by atoms with van der Waals surface area (Å²) in [6.45, 7) is -0.0410. The summed E-state index contributed by atoms with van der Waals surface area (Å²) >= 11 is 0. The van der Waals surface area contributed by atoms with Crippen molar-refractivity contribution in [3.63, 3.8) is 0 Å². The second-order valence-electron chi connectivity index (χ2n) is 18.9. The van der Waals surface area contributed by atoms with Crippen molar-refractivity contribution in [2.24, 2.45) is 0 Å². The van der Waals surface area contributed by atoms with Gasteiger partial charge in [0.05, 0.1) is 33.1 Å². The highest BCUT2D eigenvalue weighted by Gasteiger charge is 2.38. The summed E-state index contributed by atoms with van der Waals surface area (Å²) in [6, 6.07) is 71.1. The molecule has 0 saturated heterocycles. The summed E-state index contributed by atoms with van der Waals surface area (Å²) in [5.74, 6) is 2.38. The van der Waals surface area contributed by atoms with E-state index in [9.17, 15) is 0 Å². The van der Waals surface area contributed by atoms with Gasteiger partial charge in [0.1, 0.15) is 24.3 Å². The molecule has 0 radical (unpaired) electrons. The smallest absolute Gasteiger partial charge is 0.243 e. The predicted molar refractivity (Wildman–Crippen MR) is 292 cm³/mol. The van der Waals surface area contributed by atoms with Crippen LogP contribution in [0.15, 0.2) is 219 Å². The zero-order valence-electron chi connectivity index (χ0n) is 38.0. The molecule has 16 rings (SSSR count). The molecule has 8 heterocycles. The van der Waals surface area contributed by atoms with Gasteiger partial charge in [0.2, 0.25) is 19.4 Å². The number of para-hydroxylation sites is 2. The average molecular weight is 903 g/mol. The van der Waals surface area contributed by atoms with Gasteiger partial charge >= 0.3 is 0 Å². The van der Waals surface area contributed by atoms with Crippen LogP contribution in [-0.2, 0) is 0 Å². The van der Waals surface area contributed by atoms with E-state index in [1.54, 1.807) is 12.7 Å². The minimum Gasteiger partial charge on any atom is -0.294 e. The van der Waals surface area contributed by atoms with Crippen molar-refractivity contribution in [3.05, 3.63) is 219 Å². The lowest BCUT2D eigenvalue weighted by Crippen LogP contribution is -2.49. The number of benzene rings is 8. The molecule has 0 saturated carbocycles. The Hall–Kier alpha value is -9.40. The Morgan fingerprint density at radius 1 is 0.296 bits per heavy atom. The number of nitrogens with zero attached hydrogens (tertiary/aromatic N) is 8. The summed E-state index contributed by atoms with van der Waals surface area (Å²) in [4.78, 5) is 23.7. The topological polar surface area (TPSA) is 79.2 Å². The normalized spacial score (nSPS) is 12.7. The van der Waals surface area contributed by atoms with Gasteiger partial charge in [-0.2, -0.15) is 0 Å². The van der Waals surface area contributed by atoms with Gasteiger partial charge in [0.25, 0.3) is 0 Å². The minimum atomic E-state index is -0.0205. The predicted octanol–water partition coefficient (Wildman–Crippen LogP) is 8.95. The Morgan fingerprint density at radius 3 is 1.23 bits per heavy atom. The van der Waals surface area contributed by atoms with E-state index in [2.05, 4.69) is 201 Å². The molecule has 0 fully saturated rings. The molecule has 0 amide bonds. The van der Waals surface area contributed by atoms with Gasteiger partial charge in [-0.05, 0) is 95.1 Å². The van der Waals surface area contributed by atoms with Crippen LogP contribution < -0.4 is 32.8 Å². The van der Waals surface area contributed by atoms with Crippen LogP contribution in [0.4, 0.5) is 0 Å². The maximum Gasteiger partial charge on any atom is 0.243 e. The molecule has 2 aliphatic heterocycles. The molecule has 8 nitrogen and oxygen atoms in total. The van der Waals surface area contributed by atoms with Crippen LogP contribution in [-0.4, -0.2) is 52.0 Å². The zero-order chi connectivity index (χ0) is 46.3. The van der Waals surface area contributed by atoms with Crippen molar-refractivity contribution in [1.29, 1.82) is 0 Å². The lowest BCUT2D eigenvalue weighted by molar-refractivity contribution is 0.940. The molecule has 326 valence electrons. The largest absolute Gasteiger partial charge is 0.294 e.